The van der Waals surface area contributed by atoms with Gasteiger partial charge in [-0.05, 0) is 61.6 Å². The van der Waals surface area contributed by atoms with Gasteiger partial charge in [-0.2, -0.15) is 4.31 Å². The third-order valence-electron chi connectivity index (χ3n) is 6.09. The minimum atomic E-state index is -3.52. The smallest absolute Gasteiger partial charge is 0.254 e. The molecular weight excluding hydrogens is 396 g/mol. The van der Waals surface area contributed by atoms with Crippen molar-refractivity contribution < 1.29 is 13.2 Å². The van der Waals surface area contributed by atoms with Crippen LogP contribution in [0.4, 0.5) is 0 Å². The highest BCUT2D eigenvalue weighted by Crippen LogP contribution is 2.26. The molecule has 0 N–H and O–H groups in total. The molecule has 1 unspecified atom stereocenters. The van der Waals surface area contributed by atoms with Crippen molar-refractivity contribution in [2.24, 2.45) is 0 Å². The van der Waals surface area contributed by atoms with Crippen molar-refractivity contribution in [1.82, 2.24) is 9.21 Å². The Morgan fingerprint density at radius 2 is 1.70 bits per heavy atom. The first-order valence-electron chi connectivity index (χ1n) is 10.6. The molecule has 6 heteroatoms. The minimum absolute atomic E-state index is 0.0176. The number of carbonyl (C=O) groups is 1. The molecule has 1 fully saturated rings. The minimum Gasteiger partial charge on any atom is -0.335 e. The summed E-state index contributed by atoms with van der Waals surface area (Å²) in [5.74, 6) is -0.0614. The Morgan fingerprint density at radius 1 is 0.967 bits per heavy atom. The monoisotopic (exact) mass is 424 g/mol. The fourth-order valence-electron chi connectivity index (χ4n) is 4.28. The van der Waals surface area contributed by atoms with Crippen LogP contribution >= 0.6 is 0 Å². The third-order valence-corrected chi connectivity index (χ3v) is 8.12. The van der Waals surface area contributed by atoms with Crippen molar-refractivity contribution in [3.8, 4) is 0 Å². The highest BCUT2D eigenvalue weighted by atomic mass is 32.2. The molecule has 2 aliphatic rings. The number of sulfonamides is 1. The average molecular weight is 425 g/mol. The van der Waals surface area contributed by atoms with Gasteiger partial charge in [-0.25, -0.2) is 8.42 Å². The standard InChI is InChI=1S/C24H28N2O3S/c1-19-7-5-6-16-26(19)30(28,29)23-12-10-22(11-13-23)24(27)25-17-14-21(15-18-25)20-8-3-2-4-9-20/h2-4,8-14,19H,5-7,15-18H2,1H3. The van der Waals surface area contributed by atoms with Crippen LogP contribution in [0.5, 0.6) is 0 Å². The van der Waals surface area contributed by atoms with Crippen LogP contribution in [0.1, 0.15) is 48.5 Å². The van der Waals surface area contributed by atoms with E-state index >= 15 is 0 Å². The van der Waals surface area contributed by atoms with Gasteiger partial charge in [-0.3, -0.25) is 4.79 Å². The Balaban J connectivity index is 1.45. The van der Waals surface area contributed by atoms with E-state index < -0.39 is 10.0 Å². The summed E-state index contributed by atoms with van der Waals surface area (Å²) in [4.78, 5) is 15.0. The number of hydrogen-bond acceptors (Lipinski definition) is 3. The van der Waals surface area contributed by atoms with Gasteiger partial charge in [-0.1, -0.05) is 42.8 Å². The number of rotatable bonds is 4. The molecule has 2 aromatic carbocycles. The summed E-state index contributed by atoms with van der Waals surface area (Å²) in [5, 5.41) is 0. The Hall–Kier alpha value is -2.44. The fourth-order valence-corrected chi connectivity index (χ4v) is 5.98. The lowest BCUT2D eigenvalue weighted by atomic mass is 9.99. The highest BCUT2D eigenvalue weighted by molar-refractivity contribution is 7.89. The Kier molecular flexibility index (Phi) is 6.06. The molecule has 0 aliphatic carbocycles. The van der Waals surface area contributed by atoms with Gasteiger partial charge >= 0.3 is 0 Å². The number of benzene rings is 2. The second kappa shape index (κ2) is 8.74. The van der Waals surface area contributed by atoms with Crippen LogP contribution in [0.2, 0.25) is 0 Å². The molecule has 2 aromatic rings. The highest BCUT2D eigenvalue weighted by Gasteiger charge is 2.31. The molecule has 1 saturated heterocycles. The predicted octanol–water partition coefficient (Wildman–Crippen LogP) is 4.18. The van der Waals surface area contributed by atoms with Gasteiger partial charge in [0.1, 0.15) is 0 Å². The molecule has 0 bridgehead atoms. The van der Waals surface area contributed by atoms with Crippen molar-refractivity contribution in [1.29, 1.82) is 0 Å². The van der Waals surface area contributed by atoms with E-state index in [4.69, 9.17) is 0 Å². The molecule has 158 valence electrons. The molecule has 0 saturated carbocycles. The Bertz CT molecular complexity index is 1030. The van der Waals surface area contributed by atoms with E-state index in [9.17, 15) is 13.2 Å². The van der Waals surface area contributed by atoms with Gasteiger partial charge in [0.2, 0.25) is 10.0 Å². The van der Waals surface area contributed by atoms with E-state index in [1.54, 1.807) is 28.6 Å². The summed E-state index contributed by atoms with van der Waals surface area (Å²) in [6, 6.07) is 16.7. The topological polar surface area (TPSA) is 57.7 Å². The molecule has 0 spiro atoms. The first-order chi connectivity index (χ1) is 14.5. The van der Waals surface area contributed by atoms with Crippen molar-refractivity contribution >= 4 is 21.5 Å². The second-order valence-corrected chi connectivity index (χ2v) is 9.97. The van der Waals surface area contributed by atoms with E-state index in [0.717, 1.165) is 25.7 Å². The molecule has 4 rings (SSSR count). The zero-order valence-corrected chi connectivity index (χ0v) is 18.1. The maximum Gasteiger partial charge on any atom is 0.254 e. The molecule has 1 amide bonds. The zero-order valence-electron chi connectivity index (χ0n) is 17.3. The van der Waals surface area contributed by atoms with Crippen LogP contribution in [-0.4, -0.2) is 49.2 Å². The summed E-state index contributed by atoms with van der Waals surface area (Å²) >= 11 is 0. The normalized spacial score (nSPS) is 20.6. The summed E-state index contributed by atoms with van der Waals surface area (Å²) < 4.78 is 27.5. The van der Waals surface area contributed by atoms with E-state index in [1.807, 2.05) is 30.0 Å². The molecule has 0 aromatic heterocycles. The maximum absolute atomic E-state index is 13.0. The predicted molar refractivity (Wildman–Crippen MR) is 119 cm³/mol. The van der Waals surface area contributed by atoms with Gasteiger partial charge in [-0.15, -0.1) is 0 Å². The first-order valence-corrected chi connectivity index (χ1v) is 12.1. The maximum atomic E-state index is 13.0. The van der Waals surface area contributed by atoms with E-state index in [0.29, 0.717) is 25.2 Å². The van der Waals surface area contributed by atoms with Gasteiger partial charge in [0.25, 0.3) is 5.91 Å². The van der Waals surface area contributed by atoms with Crippen molar-refractivity contribution in [2.75, 3.05) is 19.6 Å². The second-order valence-electron chi connectivity index (χ2n) is 8.08. The molecule has 1 atom stereocenters. The van der Waals surface area contributed by atoms with E-state index in [2.05, 4.69) is 18.2 Å². The Morgan fingerprint density at radius 3 is 2.33 bits per heavy atom. The Labute approximate surface area is 179 Å². The number of piperidine rings is 1. The molecule has 0 radical (unpaired) electrons. The number of nitrogens with zero attached hydrogens (tertiary/aromatic N) is 2. The zero-order chi connectivity index (χ0) is 21.1. The third kappa shape index (κ3) is 4.20. The molecule has 30 heavy (non-hydrogen) atoms. The summed E-state index contributed by atoms with van der Waals surface area (Å²) in [6.45, 7) is 3.75. The molecule has 5 nitrogen and oxygen atoms in total. The lowest BCUT2D eigenvalue weighted by Gasteiger charge is -2.32. The van der Waals surface area contributed by atoms with Crippen LogP contribution in [0.15, 0.2) is 65.6 Å². The average Bonchev–Trinajstić information content (AvgIpc) is 2.79. The van der Waals surface area contributed by atoms with E-state index in [1.165, 1.54) is 11.1 Å². The van der Waals surface area contributed by atoms with E-state index in [-0.39, 0.29) is 16.8 Å². The fraction of sp³-hybridized carbons (Fsp3) is 0.375. The molecule has 2 aliphatic heterocycles. The first kappa shape index (κ1) is 20.8. The SMILES string of the molecule is CC1CCCCN1S(=O)(=O)c1ccc(C(=O)N2CC=C(c3ccccc3)CC2)cc1. The molecular formula is C24H28N2O3S. The lowest BCUT2D eigenvalue weighted by molar-refractivity contribution is 0.0772. The number of hydrogen-bond donors (Lipinski definition) is 0. The van der Waals surface area contributed by atoms with Crippen LogP contribution in [0.3, 0.4) is 0 Å². The van der Waals surface area contributed by atoms with Crippen molar-refractivity contribution in [3.05, 3.63) is 71.8 Å². The summed E-state index contributed by atoms with van der Waals surface area (Å²) in [7, 11) is -3.52. The van der Waals surface area contributed by atoms with Gasteiger partial charge in [0.05, 0.1) is 4.90 Å². The summed E-state index contributed by atoms with van der Waals surface area (Å²) in [6.07, 6.45) is 5.77. The van der Waals surface area contributed by atoms with Gasteiger partial charge < -0.3 is 4.90 Å². The number of amides is 1. The van der Waals surface area contributed by atoms with Crippen molar-refractivity contribution in [3.63, 3.8) is 0 Å². The van der Waals surface area contributed by atoms with Crippen LogP contribution in [-0.2, 0) is 10.0 Å². The van der Waals surface area contributed by atoms with Crippen LogP contribution in [0.25, 0.3) is 5.57 Å². The lowest BCUT2D eigenvalue weighted by Crippen LogP contribution is -2.41. The van der Waals surface area contributed by atoms with Crippen LogP contribution < -0.4 is 0 Å². The number of carbonyl (C=O) groups excluding carboxylic acids is 1. The molecule has 2 heterocycles. The van der Waals surface area contributed by atoms with Gasteiger partial charge in [0.15, 0.2) is 0 Å². The van der Waals surface area contributed by atoms with Gasteiger partial charge in [0, 0.05) is 31.2 Å². The largest absolute Gasteiger partial charge is 0.335 e. The van der Waals surface area contributed by atoms with Crippen molar-refractivity contribution in [2.45, 2.75) is 43.5 Å². The quantitative estimate of drug-likeness (QED) is 0.740. The summed E-state index contributed by atoms with van der Waals surface area (Å²) in [5.41, 5.74) is 2.99. The van der Waals surface area contributed by atoms with Crippen LogP contribution in [0, 0.1) is 0 Å².